The normalized spacial score (nSPS) is 11.1. The van der Waals surface area contributed by atoms with Crippen LogP contribution in [0.4, 0.5) is 0 Å². The minimum atomic E-state index is -3.16. The molecule has 2 rings (SSSR count). The molecule has 0 aliphatic carbocycles. The van der Waals surface area contributed by atoms with Crippen molar-refractivity contribution in [2.75, 3.05) is 18.1 Å². The summed E-state index contributed by atoms with van der Waals surface area (Å²) < 4.78 is 23.8. The van der Waals surface area contributed by atoms with E-state index in [9.17, 15) is 18.0 Å². The number of carbonyl (C=O) groups is 2. The van der Waals surface area contributed by atoms with E-state index in [4.69, 9.17) is 0 Å². The summed E-state index contributed by atoms with van der Waals surface area (Å²) in [7, 11) is -3.16. The van der Waals surface area contributed by atoms with E-state index in [2.05, 4.69) is 21.2 Å². The molecule has 0 atom stereocenters. The Kier molecular flexibility index (Phi) is 6.50. The van der Waals surface area contributed by atoms with Crippen molar-refractivity contribution in [2.45, 2.75) is 6.92 Å². The van der Waals surface area contributed by atoms with E-state index in [1.807, 2.05) is 0 Å². The first-order valence-corrected chi connectivity index (χ1v) is 10.3. The van der Waals surface area contributed by atoms with Crippen molar-refractivity contribution in [1.29, 1.82) is 0 Å². The molecule has 0 aliphatic heterocycles. The molecule has 0 spiro atoms. The minimum Gasteiger partial charge on any atom is -0.351 e. The second kappa shape index (κ2) is 8.40. The predicted octanol–water partition coefficient (Wildman–Crippen LogP) is 2.84. The van der Waals surface area contributed by atoms with E-state index >= 15 is 0 Å². The van der Waals surface area contributed by atoms with Gasteiger partial charge in [-0.15, -0.1) is 0 Å². The Bertz CT molecular complexity index is 876. The predicted molar refractivity (Wildman–Crippen MR) is 101 cm³/mol. The highest BCUT2D eigenvalue weighted by Crippen LogP contribution is 2.17. The number of hydrogen-bond donors (Lipinski definition) is 1. The zero-order chi connectivity index (χ0) is 18.4. The molecule has 0 radical (unpaired) electrons. The molecule has 2 aromatic carbocycles. The van der Waals surface area contributed by atoms with Crippen molar-refractivity contribution in [3.05, 3.63) is 69.7 Å². The van der Waals surface area contributed by atoms with Crippen LogP contribution < -0.4 is 5.32 Å². The Morgan fingerprint density at radius 2 is 1.60 bits per heavy atom. The number of nitrogens with one attached hydrogen (secondary N) is 1. The molecule has 0 unspecified atom stereocenters. The van der Waals surface area contributed by atoms with Gasteiger partial charge in [-0.05, 0) is 30.3 Å². The van der Waals surface area contributed by atoms with Gasteiger partial charge in [0.2, 0.25) is 0 Å². The molecule has 0 saturated heterocycles. The van der Waals surface area contributed by atoms with Gasteiger partial charge in [0.15, 0.2) is 15.6 Å². The SMILES string of the molecule is CCS(=O)(=O)CCNC(=O)c1ccccc1C(=O)c1ccc(Br)cc1. The Labute approximate surface area is 155 Å². The third-order valence-electron chi connectivity index (χ3n) is 3.66. The van der Waals surface area contributed by atoms with Gasteiger partial charge in [0.1, 0.15) is 0 Å². The molecule has 0 aromatic heterocycles. The lowest BCUT2D eigenvalue weighted by atomic mass is 9.98. The molecule has 0 heterocycles. The lowest BCUT2D eigenvalue weighted by Gasteiger charge is -2.10. The van der Waals surface area contributed by atoms with Gasteiger partial charge in [-0.1, -0.05) is 41.1 Å². The smallest absolute Gasteiger partial charge is 0.252 e. The van der Waals surface area contributed by atoms with Gasteiger partial charge in [0, 0.05) is 27.9 Å². The number of rotatable bonds is 7. The molecule has 25 heavy (non-hydrogen) atoms. The maximum Gasteiger partial charge on any atom is 0.252 e. The fourth-order valence-electron chi connectivity index (χ4n) is 2.20. The second-order valence-electron chi connectivity index (χ2n) is 5.37. The van der Waals surface area contributed by atoms with Gasteiger partial charge in [-0.2, -0.15) is 0 Å². The molecule has 0 saturated carbocycles. The molecule has 132 valence electrons. The fourth-order valence-corrected chi connectivity index (χ4v) is 3.16. The number of sulfone groups is 1. The van der Waals surface area contributed by atoms with E-state index in [1.54, 1.807) is 55.5 Å². The van der Waals surface area contributed by atoms with E-state index in [0.29, 0.717) is 5.56 Å². The molecular formula is C18H18BrNO4S. The fraction of sp³-hybridized carbons (Fsp3) is 0.222. The van der Waals surface area contributed by atoms with Crippen molar-refractivity contribution >= 4 is 37.5 Å². The van der Waals surface area contributed by atoms with Crippen molar-refractivity contribution < 1.29 is 18.0 Å². The number of amides is 1. The molecular weight excluding hydrogens is 406 g/mol. The van der Waals surface area contributed by atoms with E-state index < -0.39 is 15.7 Å². The first kappa shape index (κ1) is 19.3. The van der Waals surface area contributed by atoms with Gasteiger partial charge in [-0.3, -0.25) is 9.59 Å². The lowest BCUT2D eigenvalue weighted by molar-refractivity contribution is 0.0944. The van der Waals surface area contributed by atoms with Crippen molar-refractivity contribution in [2.24, 2.45) is 0 Å². The van der Waals surface area contributed by atoms with Gasteiger partial charge in [0.25, 0.3) is 5.91 Å². The monoisotopic (exact) mass is 423 g/mol. The summed E-state index contributed by atoms with van der Waals surface area (Å²) in [5, 5.41) is 2.57. The maximum absolute atomic E-state index is 12.7. The highest BCUT2D eigenvalue weighted by Gasteiger charge is 2.18. The lowest BCUT2D eigenvalue weighted by Crippen LogP contribution is -2.30. The third-order valence-corrected chi connectivity index (χ3v) is 5.90. The molecule has 7 heteroatoms. The highest BCUT2D eigenvalue weighted by atomic mass is 79.9. The van der Waals surface area contributed by atoms with Gasteiger partial charge in [0.05, 0.1) is 11.3 Å². The van der Waals surface area contributed by atoms with Gasteiger partial charge >= 0.3 is 0 Å². The minimum absolute atomic E-state index is 0.00974. The summed E-state index contributed by atoms with van der Waals surface area (Å²) in [4.78, 5) is 25.0. The molecule has 1 amide bonds. The summed E-state index contributed by atoms with van der Waals surface area (Å²) in [5.74, 6) is -0.827. The third kappa shape index (κ3) is 5.24. The summed E-state index contributed by atoms with van der Waals surface area (Å²) in [6.45, 7) is 1.57. The van der Waals surface area contributed by atoms with Crippen molar-refractivity contribution in [1.82, 2.24) is 5.32 Å². The molecule has 0 bridgehead atoms. The average molecular weight is 424 g/mol. The summed E-state index contributed by atoms with van der Waals surface area (Å²) in [5.41, 5.74) is 0.974. The Balaban J connectivity index is 2.18. The van der Waals surface area contributed by atoms with Crippen LogP contribution in [0, 0.1) is 0 Å². The summed E-state index contributed by atoms with van der Waals surface area (Å²) >= 11 is 3.31. The Morgan fingerprint density at radius 1 is 1.00 bits per heavy atom. The number of hydrogen-bond acceptors (Lipinski definition) is 4. The first-order chi connectivity index (χ1) is 11.8. The number of ketones is 1. The highest BCUT2D eigenvalue weighted by molar-refractivity contribution is 9.10. The van der Waals surface area contributed by atoms with Crippen LogP contribution in [0.15, 0.2) is 53.0 Å². The summed E-state index contributed by atoms with van der Waals surface area (Å²) in [6, 6.07) is 13.3. The van der Waals surface area contributed by atoms with E-state index in [0.717, 1.165) is 4.47 Å². The van der Waals surface area contributed by atoms with Crippen molar-refractivity contribution in [3.63, 3.8) is 0 Å². The largest absolute Gasteiger partial charge is 0.351 e. The molecule has 5 nitrogen and oxygen atoms in total. The maximum atomic E-state index is 12.7. The standard InChI is InChI=1S/C18H18BrNO4S/c1-2-25(23,24)12-11-20-18(22)16-6-4-3-5-15(16)17(21)13-7-9-14(19)10-8-13/h3-10H,2,11-12H2,1H3,(H,20,22). The molecule has 2 aromatic rings. The van der Waals surface area contributed by atoms with E-state index in [-0.39, 0.29) is 35.0 Å². The molecule has 0 fully saturated rings. The topological polar surface area (TPSA) is 80.3 Å². The summed E-state index contributed by atoms with van der Waals surface area (Å²) in [6.07, 6.45) is 0. The van der Waals surface area contributed by atoms with Crippen LogP contribution >= 0.6 is 15.9 Å². The van der Waals surface area contributed by atoms with Crippen LogP contribution in [-0.2, 0) is 9.84 Å². The van der Waals surface area contributed by atoms with Crippen LogP contribution in [0.3, 0.4) is 0 Å². The zero-order valence-corrected chi connectivity index (χ0v) is 16.1. The molecule has 1 N–H and O–H groups in total. The average Bonchev–Trinajstić information content (AvgIpc) is 2.61. The van der Waals surface area contributed by atoms with Crippen LogP contribution in [0.1, 0.15) is 33.2 Å². The van der Waals surface area contributed by atoms with Gasteiger partial charge < -0.3 is 5.32 Å². The molecule has 0 aliphatic rings. The van der Waals surface area contributed by atoms with Crippen LogP contribution in [0.5, 0.6) is 0 Å². The zero-order valence-electron chi connectivity index (χ0n) is 13.7. The Morgan fingerprint density at radius 3 is 2.20 bits per heavy atom. The Hall–Kier alpha value is -1.99. The number of benzene rings is 2. The van der Waals surface area contributed by atoms with E-state index in [1.165, 1.54) is 0 Å². The van der Waals surface area contributed by atoms with Crippen LogP contribution in [0.2, 0.25) is 0 Å². The number of halogens is 1. The van der Waals surface area contributed by atoms with Gasteiger partial charge in [-0.25, -0.2) is 8.42 Å². The second-order valence-corrected chi connectivity index (χ2v) is 8.76. The number of carbonyl (C=O) groups excluding carboxylic acids is 2. The first-order valence-electron chi connectivity index (χ1n) is 7.72. The van der Waals surface area contributed by atoms with Crippen LogP contribution in [0.25, 0.3) is 0 Å². The van der Waals surface area contributed by atoms with Crippen LogP contribution in [-0.4, -0.2) is 38.2 Å². The quantitative estimate of drug-likeness (QED) is 0.694. The van der Waals surface area contributed by atoms with Crippen molar-refractivity contribution in [3.8, 4) is 0 Å².